The quantitative estimate of drug-likeness (QED) is 0.255. The fourth-order valence-corrected chi connectivity index (χ4v) is 5.28. The maximum Gasteiger partial charge on any atom is 0.250 e. The molecule has 1 N–H and O–H groups in total. The van der Waals surface area contributed by atoms with E-state index in [-0.39, 0.29) is 18.3 Å². The minimum atomic E-state index is -0.319. The molecule has 222 valence electrons. The molecule has 43 heavy (non-hydrogen) atoms. The second-order valence-corrected chi connectivity index (χ2v) is 10.7. The van der Waals surface area contributed by atoms with E-state index < -0.39 is 0 Å². The van der Waals surface area contributed by atoms with Gasteiger partial charge in [-0.2, -0.15) is 0 Å². The van der Waals surface area contributed by atoms with Gasteiger partial charge in [0.15, 0.2) is 0 Å². The molecule has 11 heteroatoms. The van der Waals surface area contributed by atoms with Gasteiger partial charge in [-0.3, -0.25) is 9.69 Å². The van der Waals surface area contributed by atoms with Gasteiger partial charge in [0, 0.05) is 49.4 Å². The van der Waals surface area contributed by atoms with Crippen LogP contribution in [-0.4, -0.2) is 66.8 Å². The monoisotopic (exact) mass is 603 g/mol. The van der Waals surface area contributed by atoms with Crippen molar-refractivity contribution in [1.29, 1.82) is 0 Å². The van der Waals surface area contributed by atoms with Gasteiger partial charge in [0.05, 0.1) is 36.0 Å². The summed E-state index contributed by atoms with van der Waals surface area (Å²) in [4.78, 5) is 26.3. The molecule has 0 atom stereocenters. The topological polar surface area (TPSA) is 89.1 Å². The Morgan fingerprint density at radius 3 is 2.79 bits per heavy atom. The van der Waals surface area contributed by atoms with E-state index in [0.29, 0.717) is 84.1 Å². The Labute approximate surface area is 253 Å². The first kappa shape index (κ1) is 28.9. The Morgan fingerprint density at radius 1 is 1.07 bits per heavy atom. The van der Waals surface area contributed by atoms with Crippen molar-refractivity contribution in [3.05, 3.63) is 89.5 Å². The Kier molecular flexibility index (Phi) is 8.97. The van der Waals surface area contributed by atoms with Crippen LogP contribution in [0.25, 0.3) is 10.9 Å². The number of halogens is 2. The number of benzene rings is 3. The standard InChI is InChI=1S/C32H31ClFN5O4/c33-26-17-24(7-8-29(26)43-20-22-4-1-5-23(34)16-22)37-32-25-18-28-30(19-27(25)35-21-36-32)42-13-3-10-39(28)31(40)6-2-9-38-11-14-41-15-12-38/h1-2,4-8,16-19,21H,3,9-15,20H2,(H,35,36,37). The number of amides is 1. The lowest BCUT2D eigenvalue weighted by atomic mass is 10.1. The zero-order valence-corrected chi connectivity index (χ0v) is 24.2. The highest BCUT2D eigenvalue weighted by molar-refractivity contribution is 6.32. The lowest BCUT2D eigenvalue weighted by Gasteiger charge is -2.25. The van der Waals surface area contributed by atoms with Crippen LogP contribution in [0.15, 0.2) is 73.1 Å². The highest BCUT2D eigenvalue weighted by Crippen LogP contribution is 2.38. The maximum absolute atomic E-state index is 13.5. The molecule has 2 aliphatic rings. The molecule has 3 heterocycles. The summed E-state index contributed by atoms with van der Waals surface area (Å²) < 4.78 is 30.7. The van der Waals surface area contributed by atoms with Gasteiger partial charge >= 0.3 is 0 Å². The number of anilines is 3. The molecule has 1 aromatic heterocycles. The van der Waals surface area contributed by atoms with E-state index in [4.69, 9.17) is 25.8 Å². The molecule has 3 aromatic carbocycles. The number of aromatic nitrogens is 2. The molecule has 0 aliphatic carbocycles. The van der Waals surface area contributed by atoms with Crippen molar-refractivity contribution in [1.82, 2.24) is 14.9 Å². The summed E-state index contributed by atoms with van der Waals surface area (Å²) in [5, 5.41) is 4.44. The lowest BCUT2D eigenvalue weighted by Crippen LogP contribution is -2.36. The van der Waals surface area contributed by atoms with E-state index in [1.54, 1.807) is 35.2 Å². The first-order chi connectivity index (χ1) is 21.0. The van der Waals surface area contributed by atoms with Gasteiger partial charge in [0.25, 0.3) is 5.91 Å². The third-order valence-corrected chi connectivity index (χ3v) is 7.56. The Morgan fingerprint density at radius 2 is 1.95 bits per heavy atom. The molecule has 6 rings (SSSR count). The van der Waals surface area contributed by atoms with Gasteiger partial charge in [-0.05, 0) is 48.4 Å². The van der Waals surface area contributed by atoms with E-state index in [1.165, 1.54) is 18.5 Å². The van der Waals surface area contributed by atoms with Gasteiger partial charge in [0.2, 0.25) is 0 Å². The first-order valence-corrected chi connectivity index (χ1v) is 14.5. The van der Waals surface area contributed by atoms with E-state index in [1.807, 2.05) is 24.3 Å². The molecule has 0 radical (unpaired) electrons. The first-order valence-electron chi connectivity index (χ1n) is 14.2. The van der Waals surface area contributed by atoms with Crippen LogP contribution in [0.1, 0.15) is 12.0 Å². The zero-order chi connectivity index (χ0) is 29.6. The number of hydrogen-bond acceptors (Lipinski definition) is 8. The van der Waals surface area contributed by atoms with E-state index in [9.17, 15) is 9.18 Å². The van der Waals surface area contributed by atoms with E-state index in [0.717, 1.165) is 18.5 Å². The van der Waals surface area contributed by atoms with Crippen LogP contribution in [0.5, 0.6) is 11.5 Å². The van der Waals surface area contributed by atoms with Crippen molar-refractivity contribution >= 4 is 45.6 Å². The van der Waals surface area contributed by atoms with Crippen LogP contribution in [0.3, 0.4) is 0 Å². The molecule has 4 aromatic rings. The van der Waals surface area contributed by atoms with Gasteiger partial charge in [-0.1, -0.05) is 29.8 Å². The van der Waals surface area contributed by atoms with E-state index in [2.05, 4.69) is 20.2 Å². The molecular weight excluding hydrogens is 573 g/mol. The molecule has 0 spiro atoms. The average molecular weight is 604 g/mol. The summed E-state index contributed by atoms with van der Waals surface area (Å²) >= 11 is 6.52. The van der Waals surface area contributed by atoms with Gasteiger partial charge in [-0.15, -0.1) is 0 Å². The molecule has 2 aliphatic heterocycles. The normalized spacial score (nSPS) is 15.6. The number of nitrogens with zero attached hydrogens (tertiary/aromatic N) is 4. The number of ether oxygens (including phenoxy) is 3. The van der Waals surface area contributed by atoms with Gasteiger partial charge < -0.3 is 24.4 Å². The van der Waals surface area contributed by atoms with Crippen LogP contribution in [0.2, 0.25) is 5.02 Å². The number of nitrogens with one attached hydrogen (secondary N) is 1. The molecule has 0 unspecified atom stereocenters. The van der Waals surface area contributed by atoms with Crippen molar-refractivity contribution < 1.29 is 23.4 Å². The second-order valence-electron chi connectivity index (χ2n) is 10.3. The number of hydrogen-bond donors (Lipinski definition) is 1. The molecular formula is C32H31ClFN5O4. The van der Waals surface area contributed by atoms with Gasteiger partial charge in [0.1, 0.15) is 36.1 Å². The van der Waals surface area contributed by atoms with Crippen molar-refractivity contribution in [2.24, 2.45) is 0 Å². The van der Waals surface area contributed by atoms with Crippen LogP contribution >= 0.6 is 11.6 Å². The third-order valence-electron chi connectivity index (χ3n) is 7.26. The zero-order valence-electron chi connectivity index (χ0n) is 23.5. The highest BCUT2D eigenvalue weighted by atomic mass is 35.5. The minimum Gasteiger partial charge on any atom is -0.491 e. The summed E-state index contributed by atoms with van der Waals surface area (Å²) in [6.07, 6.45) is 5.72. The largest absolute Gasteiger partial charge is 0.491 e. The second kappa shape index (κ2) is 13.4. The third kappa shape index (κ3) is 7.05. The predicted molar refractivity (Wildman–Crippen MR) is 164 cm³/mol. The Bertz CT molecular complexity index is 1650. The molecule has 0 bridgehead atoms. The van der Waals surface area contributed by atoms with Crippen LogP contribution in [0.4, 0.5) is 21.6 Å². The number of fused-ring (bicyclic) bond motifs is 2. The minimum absolute atomic E-state index is 0.105. The summed E-state index contributed by atoms with van der Waals surface area (Å²) in [5.41, 5.74) is 2.74. The summed E-state index contributed by atoms with van der Waals surface area (Å²) in [5.74, 6) is 1.21. The fourth-order valence-electron chi connectivity index (χ4n) is 5.05. The maximum atomic E-state index is 13.5. The molecule has 1 fully saturated rings. The SMILES string of the molecule is O=C(C=CCN1CCOCC1)N1CCCOc2cc3ncnc(Nc4ccc(OCc5cccc(F)c5)c(Cl)c4)c3cc21. The number of morpholine rings is 1. The molecule has 9 nitrogen and oxygen atoms in total. The summed E-state index contributed by atoms with van der Waals surface area (Å²) in [7, 11) is 0. The highest BCUT2D eigenvalue weighted by Gasteiger charge is 2.23. The van der Waals surface area contributed by atoms with Crippen molar-refractivity contribution in [2.75, 3.05) is 56.2 Å². The molecule has 1 saturated heterocycles. The predicted octanol–water partition coefficient (Wildman–Crippen LogP) is 5.75. The summed E-state index contributed by atoms with van der Waals surface area (Å²) in [6.45, 7) is 5.06. The van der Waals surface area contributed by atoms with Crippen molar-refractivity contribution in [3.8, 4) is 11.5 Å². The van der Waals surface area contributed by atoms with Crippen LogP contribution in [-0.2, 0) is 16.1 Å². The number of rotatable bonds is 8. The molecule has 0 saturated carbocycles. The fraction of sp³-hybridized carbons (Fsp3) is 0.281. The van der Waals surface area contributed by atoms with Gasteiger partial charge in [-0.25, -0.2) is 14.4 Å². The van der Waals surface area contributed by atoms with Crippen LogP contribution < -0.4 is 19.7 Å². The summed E-state index contributed by atoms with van der Waals surface area (Å²) in [6, 6.07) is 15.3. The number of carbonyl (C=O) groups excluding carboxylic acids is 1. The Balaban J connectivity index is 1.21. The number of carbonyl (C=O) groups is 1. The smallest absolute Gasteiger partial charge is 0.250 e. The molecule has 1 amide bonds. The average Bonchev–Trinajstić information content (AvgIpc) is 3.22. The lowest BCUT2D eigenvalue weighted by molar-refractivity contribution is -0.114. The van der Waals surface area contributed by atoms with Crippen molar-refractivity contribution in [3.63, 3.8) is 0 Å². The Hall–Kier alpha value is -4.25. The van der Waals surface area contributed by atoms with Crippen LogP contribution in [0, 0.1) is 5.82 Å². The van der Waals surface area contributed by atoms with Crippen molar-refractivity contribution in [2.45, 2.75) is 13.0 Å². The van der Waals surface area contributed by atoms with E-state index >= 15 is 0 Å².